The third kappa shape index (κ3) is 2.11. The predicted octanol–water partition coefficient (Wildman–Crippen LogP) is 6.86. The van der Waals surface area contributed by atoms with E-state index < -0.39 is 0 Å². The number of aromatic nitrogens is 1. The summed E-state index contributed by atoms with van der Waals surface area (Å²) in [4.78, 5) is 5.07. The van der Waals surface area contributed by atoms with Gasteiger partial charge in [0.15, 0.2) is 0 Å². The van der Waals surface area contributed by atoms with Crippen molar-refractivity contribution in [1.82, 2.24) is 4.98 Å². The monoisotopic (exact) mass is 339 g/mol. The second-order valence-corrected chi connectivity index (χ2v) is 7.06. The largest absolute Gasteiger partial charge is 0.353 e. The lowest BCUT2D eigenvalue weighted by molar-refractivity contribution is 1.40. The first-order chi connectivity index (χ1) is 12.4. The Bertz CT molecular complexity index is 1220. The SMILES string of the molecule is CSc1c(-c2ccccc2)[nH]c2c3ccccc3c3ccccc3c12. The van der Waals surface area contributed by atoms with E-state index >= 15 is 0 Å². The Hall–Kier alpha value is -2.71. The summed E-state index contributed by atoms with van der Waals surface area (Å²) in [7, 11) is 0. The Balaban J connectivity index is 2.05. The molecule has 0 aliphatic heterocycles. The Morgan fingerprint density at radius 1 is 0.640 bits per heavy atom. The smallest absolute Gasteiger partial charge is 0.0603 e. The van der Waals surface area contributed by atoms with Crippen molar-refractivity contribution in [2.24, 2.45) is 0 Å². The molecule has 1 aromatic heterocycles. The van der Waals surface area contributed by atoms with E-state index in [0.717, 1.165) is 0 Å². The summed E-state index contributed by atoms with van der Waals surface area (Å²) in [5.41, 5.74) is 3.68. The van der Waals surface area contributed by atoms with Gasteiger partial charge in [0, 0.05) is 15.7 Å². The number of rotatable bonds is 2. The molecule has 5 rings (SSSR count). The van der Waals surface area contributed by atoms with Crippen LogP contribution in [0.1, 0.15) is 0 Å². The van der Waals surface area contributed by atoms with Crippen LogP contribution in [0.2, 0.25) is 0 Å². The van der Waals surface area contributed by atoms with Crippen LogP contribution in [0, 0.1) is 0 Å². The number of aromatic amines is 1. The fourth-order valence-corrected chi connectivity index (χ4v) is 4.62. The molecule has 0 spiro atoms. The molecule has 0 radical (unpaired) electrons. The van der Waals surface area contributed by atoms with Crippen molar-refractivity contribution in [1.29, 1.82) is 0 Å². The molecule has 4 aromatic carbocycles. The summed E-state index contributed by atoms with van der Waals surface area (Å²) >= 11 is 1.82. The van der Waals surface area contributed by atoms with Crippen molar-refractivity contribution in [2.75, 3.05) is 6.26 Å². The first-order valence-corrected chi connectivity index (χ1v) is 9.65. The minimum atomic E-state index is 1.21. The molecule has 0 atom stereocenters. The van der Waals surface area contributed by atoms with E-state index in [9.17, 15) is 0 Å². The molecule has 0 amide bonds. The van der Waals surface area contributed by atoms with E-state index in [2.05, 4.69) is 90.1 Å². The second-order valence-electron chi connectivity index (χ2n) is 6.24. The number of benzene rings is 4. The average molecular weight is 339 g/mol. The van der Waals surface area contributed by atoms with E-state index in [1.807, 2.05) is 11.8 Å². The lowest BCUT2D eigenvalue weighted by Crippen LogP contribution is -1.81. The van der Waals surface area contributed by atoms with Crippen LogP contribution in [-0.2, 0) is 0 Å². The van der Waals surface area contributed by atoms with Gasteiger partial charge in [-0.05, 0) is 28.0 Å². The van der Waals surface area contributed by atoms with Crippen molar-refractivity contribution >= 4 is 44.2 Å². The Morgan fingerprint density at radius 2 is 1.20 bits per heavy atom. The summed E-state index contributed by atoms with van der Waals surface area (Å²) in [5.74, 6) is 0. The zero-order valence-corrected chi connectivity index (χ0v) is 14.7. The summed E-state index contributed by atoms with van der Waals surface area (Å²) in [5, 5.41) is 6.56. The van der Waals surface area contributed by atoms with Crippen LogP contribution in [0.4, 0.5) is 0 Å². The van der Waals surface area contributed by atoms with Gasteiger partial charge in [-0.1, -0.05) is 78.9 Å². The molecule has 0 saturated heterocycles. The third-order valence-corrected chi connectivity index (χ3v) is 5.72. The predicted molar refractivity (Wildman–Crippen MR) is 111 cm³/mol. The standard InChI is InChI=1S/C23H17NS/c1-25-23-20-18-13-7-5-11-16(18)17-12-6-8-14-19(17)22(20)24-21(23)15-9-3-2-4-10-15/h2-14,24H,1H3. The lowest BCUT2D eigenvalue weighted by atomic mass is 9.98. The van der Waals surface area contributed by atoms with Gasteiger partial charge in [0.25, 0.3) is 0 Å². The van der Waals surface area contributed by atoms with E-state index in [0.29, 0.717) is 0 Å². The van der Waals surface area contributed by atoms with Crippen molar-refractivity contribution in [3.05, 3.63) is 78.9 Å². The van der Waals surface area contributed by atoms with Gasteiger partial charge in [0.2, 0.25) is 0 Å². The number of hydrogen-bond donors (Lipinski definition) is 1. The fraction of sp³-hybridized carbons (Fsp3) is 0.0435. The Labute approximate surface area is 150 Å². The van der Waals surface area contributed by atoms with Gasteiger partial charge in [-0.2, -0.15) is 0 Å². The molecule has 1 N–H and O–H groups in total. The molecule has 1 heterocycles. The summed E-state index contributed by atoms with van der Waals surface area (Å²) < 4.78 is 0. The van der Waals surface area contributed by atoms with Gasteiger partial charge >= 0.3 is 0 Å². The molecular weight excluding hydrogens is 322 g/mol. The quantitative estimate of drug-likeness (QED) is 0.274. The van der Waals surface area contributed by atoms with Crippen molar-refractivity contribution in [3.63, 3.8) is 0 Å². The molecule has 2 heteroatoms. The highest BCUT2D eigenvalue weighted by Gasteiger charge is 2.17. The maximum Gasteiger partial charge on any atom is 0.0603 e. The van der Waals surface area contributed by atoms with E-state index in [-0.39, 0.29) is 0 Å². The summed E-state index contributed by atoms with van der Waals surface area (Å²) in [6.45, 7) is 0. The van der Waals surface area contributed by atoms with Gasteiger partial charge in [-0.25, -0.2) is 0 Å². The molecule has 0 aliphatic carbocycles. The van der Waals surface area contributed by atoms with E-state index in [1.54, 1.807) is 0 Å². The molecule has 5 aromatic rings. The normalized spacial score (nSPS) is 11.6. The topological polar surface area (TPSA) is 15.8 Å². The Kier molecular flexibility index (Phi) is 3.32. The van der Waals surface area contributed by atoms with Crippen LogP contribution in [0.5, 0.6) is 0 Å². The second kappa shape index (κ2) is 5.68. The first-order valence-electron chi connectivity index (χ1n) is 8.43. The minimum absolute atomic E-state index is 1.21. The molecule has 0 fully saturated rings. The molecular formula is C23H17NS. The summed E-state index contributed by atoms with van der Waals surface area (Å²) in [6, 6.07) is 28.0. The van der Waals surface area contributed by atoms with Crippen LogP contribution >= 0.6 is 11.8 Å². The van der Waals surface area contributed by atoms with Crippen LogP contribution < -0.4 is 0 Å². The highest BCUT2D eigenvalue weighted by molar-refractivity contribution is 7.99. The van der Waals surface area contributed by atoms with Crippen molar-refractivity contribution in [2.45, 2.75) is 4.90 Å². The molecule has 120 valence electrons. The number of fused-ring (bicyclic) bond motifs is 6. The number of nitrogens with one attached hydrogen (secondary N) is 1. The number of thioether (sulfide) groups is 1. The minimum Gasteiger partial charge on any atom is -0.353 e. The van der Waals surface area contributed by atoms with Gasteiger partial charge in [0.05, 0.1) is 11.2 Å². The molecule has 25 heavy (non-hydrogen) atoms. The average Bonchev–Trinajstić information content (AvgIpc) is 3.09. The van der Waals surface area contributed by atoms with E-state index in [1.165, 1.54) is 48.6 Å². The van der Waals surface area contributed by atoms with Gasteiger partial charge in [0.1, 0.15) is 0 Å². The zero-order valence-electron chi connectivity index (χ0n) is 13.9. The van der Waals surface area contributed by atoms with Crippen LogP contribution in [0.3, 0.4) is 0 Å². The van der Waals surface area contributed by atoms with Crippen LogP contribution in [0.15, 0.2) is 83.8 Å². The van der Waals surface area contributed by atoms with Gasteiger partial charge in [-0.15, -0.1) is 11.8 Å². The van der Waals surface area contributed by atoms with Gasteiger partial charge in [-0.3, -0.25) is 0 Å². The maximum atomic E-state index is 3.75. The molecule has 1 nitrogen and oxygen atoms in total. The molecule has 0 bridgehead atoms. The maximum absolute atomic E-state index is 3.75. The van der Waals surface area contributed by atoms with E-state index in [4.69, 9.17) is 0 Å². The summed E-state index contributed by atoms with van der Waals surface area (Å²) in [6.07, 6.45) is 2.17. The van der Waals surface area contributed by atoms with Crippen molar-refractivity contribution in [3.8, 4) is 11.3 Å². The van der Waals surface area contributed by atoms with Gasteiger partial charge < -0.3 is 4.98 Å². The highest BCUT2D eigenvalue weighted by atomic mass is 32.2. The Morgan fingerprint density at radius 3 is 1.88 bits per heavy atom. The molecule has 0 aliphatic rings. The van der Waals surface area contributed by atoms with Crippen molar-refractivity contribution < 1.29 is 0 Å². The first kappa shape index (κ1) is 14.6. The number of H-pyrrole nitrogens is 1. The van der Waals surface area contributed by atoms with Crippen LogP contribution in [0.25, 0.3) is 43.7 Å². The zero-order chi connectivity index (χ0) is 16.8. The molecule has 0 saturated carbocycles. The highest BCUT2D eigenvalue weighted by Crippen LogP contribution is 2.43. The number of hydrogen-bond acceptors (Lipinski definition) is 1. The lowest BCUT2D eigenvalue weighted by Gasteiger charge is -2.07. The molecule has 0 unspecified atom stereocenters. The van der Waals surface area contributed by atoms with Crippen LogP contribution in [-0.4, -0.2) is 11.2 Å². The fourth-order valence-electron chi connectivity index (χ4n) is 3.83. The third-order valence-electron chi connectivity index (χ3n) is 4.90.